The van der Waals surface area contributed by atoms with Gasteiger partial charge in [0.2, 0.25) is 5.91 Å². The van der Waals surface area contributed by atoms with Crippen LogP contribution >= 0.6 is 0 Å². The summed E-state index contributed by atoms with van der Waals surface area (Å²) in [4.78, 5) is 16.2. The minimum Gasteiger partial charge on any atom is -0.368 e. The van der Waals surface area contributed by atoms with Gasteiger partial charge in [0.05, 0.1) is 12.4 Å². The van der Waals surface area contributed by atoms with Gasteiger partial charge in [0.25, 0.3) is 0 Å². The quantitative estimate of drug-likeness (QED) is 0.944. The largest absolute Gasteiger partial charge is 0.368 e. The number of hydrogen-bond donors (Lipinski definition) is 1. The third kappa shape index (κ3) is 3.36. The summed E-state index contributed by atoms with van der Waals surface area (Å²) in [7, 11) is 0. The number of nitrogens with one attached hydrogen (secondary N) is 1. The Kier molecular flexibility index (Phi) is 4.53. The molecule has 2 atom stereocenters. The van der Waals surface area contributed by atoms with Crippen LogP contribution in [0.5, 0.6) is 0 Å². The molecule has 1 saturated heterocycles. The van der Waals surface area contributed by atoms with Crippen LogP contribution in [0.15, 0.2) is 43.0 Å². The van der Waals surface area contributed by atoms with Crippen molar-refractivity contribution in [2.75, 3.05) is 6.61 Å². The van der Waals surface area contributed by atoms with Crippen LogP contribution in [0.4, 0.5) is 0 Å². The van der Waals surface area contributed by atoms with Crippen LogP contribution in [-0.4, -0.2) is 28.2 Å². The Morgan fingerprint density at radius 3 is 2.82 bits per heavy atom. The molecule has 5 heteroatoms. The van der Waals surface area contributed by atoms with Gasteiger partial charge < -0.3 is 14.6 Å². The smallest absolute Gasteiger partial charge is 0.249 e. The van der Waals surface area contributed by atoms with E-state index in [2.05, 4.69) is 10.3 Å². The number of carbonyl (C=O) groups excluding carboxylic acids is 1. The molecule has 1 N–H and O–H groups in total. The van der Waals surface area contributed by atoms with E-state index < -0.39 is 0 Å². The van der Waals surface area contributed by atoms with Gasteiger partial charge >= 0.3 is 0 Å². The van der Waals surface area contributed by atoms with Gasteiger partial charge in [-0.05, 0) is 43.9 Å². The highest BCUT2D eigenvalue weighted by Gasteiger charge is 2.23. The lowest BCUT2D eigenvalue weighted by molar-refractivity contribution is -0.136. The van der Waals surface area contributed by atoms with E-state index in [0.29, 0.717) is 6.61 Å². The summed E-state index contributed by atoms with van der Waals surface area (Å²) >= 11 is 0. The lowest BCUT2D eigenvalue weighted by atomic mass is 10.1. The second-order valence-corrected chi connectivity index (χ2v) is 5.65. The predicted octanol–water partition coefficient (Wildman–Crippen LogP) is 2.62. The van der Waals surface area contributed by atoms with Crippen molar-refractivity contribution >= 4 is 5.91 Å². The van der Waals surface area contributed by atoms with E-state index >= 15 is 0 Å². The van der Waals surface area contributed by atoms with Crippen LogP contribution in [-0.2, 0) is 9.53 Å². The molecule has 1 aromatic carbocycles. The summed E-state index contributed by atoms with van der Waals surface area (Å²) in [5.41, 5.74) is 2.13. The van der Waals surface area contributed by atoms with E-state index in [9.17, 15) is 4.79 Å². The molecule has 0 bridgehead atoms. The molecule has 1 aromatic heterocycles. The van der Waals surface area contributed by atoms with Gasteiger partial charge in [0, 0.05) is 24.7 Å². The van der Waals surface area contributed by atoms with Crippen LogP contribution < -0.4 is 5.32 Å². The van der Waals surface area contributed by atoms with Gasteiger partial charge in [-0.15, -0.1) is 0 Å². The Morgan fingerprint density at radius 2 is 2.18 bits per heavy atom. The fourth-order valence-electron chi connectivity index (χ4n) is 2.68. The monoisotopic (exact) mass is 299 g/mol. The molecule has 1 fully saturated rings. The minimum atomic E-state index is -0.290. The minimum absolute atomic E-state index is 0.00844. The molecule has 0 saturated carbocycles. The summed E-state index contributed by atoms with van der Waals surface area (Å²) in [6, 6.07) is 8.08. The molecule has 1 aliphatic heterocycles. The highest BCUT2D eigenvalue weighted by molar-refractivity contribution is 5.81. The average molecular weight is 299 g/mol. The van der Waals surface area contributed by atoms with Crippen LogP contribution in [0.3, 0.4) is 0 Å². The maximum absolute atomic E-state index is 12.2. The first-order valence-electron chi connectivity index (χ1n) is 7.74. The van der Waals surface area contributed by atoms with E-state index in [-0.39, 0.29) is 18.1 Å². The Balaban J connectivity index is 1.62. The summed E-state index contributed by atoms with van der Waals surface area (Å²) in [6.45, 7) is 2.68. The fourth-order valence-corrected chi connectivity index (χ4v) is 2.68. The second-order valence-electron chi connectivity index (χ2n) is 5.65. The number of carbonyl (C=O) groups is 1. The topological polar surface area (TPSA) is 56.1 Å². The van der Waals surface area contributed by atoms with Crippen molar-refractivity contribution in [1.82, 2.24) is 14.9 Å². The second kappa shape index (κ2) is 6.75. The molecule has 0 radical (unpaired) electrons. The van der Waals surface area contributed by atoms with Crippen molar-refractivity contribution in [3.63, 3.8) is 0 Å². The molecule has 1 aliphatic rings. The van der Waals surface area contributed by atoms with Gasteiger partial charge in [0.1, 0.15) is 6.10 Å². The zero-order valence-corrected chi connectivity index (χ0v) is 12.7. The number of imidazole rings is 1. The predicted molar refractivity (Wildman–Crippen MR) is 83.7 cm³/mol. The summed E-state index contributed by atoms with van der Waals surface area (Å²) < 4.78 is 7.47. The molecule has 2 heterocycles. The third-order valence-corrected chi connectivity index (χ3v) is 4.03. The molecule has 0 spiro atoms. The first-order valence-corrected chi connectivity index (χ1v) is 7.74. The van der Waals surface area contributed by atoms with Gasteiger partial charge in [-0.1, -0.05) is 12.1 Å². The molecule has 1 amide bonds. The molecule has 5 nitrogen and oxygen atoms in total. The van der Waals surface area contributed by atoms with Crippen molar-refractivity contribution in [1.29, 1.82) is 0 Å². The number of rotatable bonds is 4. The van der Waals surface area contributed by atoms with Gasteiger partial charge in [-0.25, -0.2) is 4.98 Å². The van der Waals surface area contributed by atoms with Crippen LogP contribution in [0, 0.1) is 0 Å². The molecule has 116 valence electrons. The highest BCUT2D eigenvalue weighted by atomic mass is 16.5. The molecule has 2 aromatic rings. The number of hydrogen-bond acceptors (Lipinski definition) is 3. The van der Waals surface area contributed by atoms with Gasteiger partial charge in [-0.2, -0.15) is 0 Å². The molecule has 1 unspecified atom stereocenters. The maximum atomic E-state index is 12.2. The van der Waals surface area contributed by atoms with Gasteiger partial charge in [-0.3, -0.25) is 4.79 Å². The third-order valence-electron chi connectivity index (χ3n) is 4.03. The molecular weight excluding hydrogens is 278 g/mol. The standard InChI is InChI=1S/C17H21N3O2/c1-13(19-17(21)16-4-2-3-11-22-16)14-5-7-15(8-6-14)20-10-9-18-12-20/h5-10,12-13,16H,2-4,11H2,1H3,(H,19,21)/t13-,16?/m0/s1. The van der Waals surface area contributed by atoms with Crippen molar-refractivity contribution in [3.05, 3.63) is 48.5 Å². The van der Waals surface area contributed by atoms with E-state index in [1.807, 2.05) is 42.0 Å². The average Bonchev–Trinajstić information content (AvgIpc) is 3.10. The van der Waals surface area contributed by atoms with Crippen LogP contribution in [0.1, 0.15) is 37.8 Å². The zero-order chi connectivity index (χ0) is 15.4. The Hall–Kier alpha value is -2.14. The summed E-state index contributed by atoms with van der Waals surface area (Å²) in [5.74, 6) is -0.00844. The SMILES string of the molecule is C[C@H](NC(=O)C1CCCCO1)c1ccc(-n2ccnc2)cc1. The van der Waals surface area contributed by atoms with Crippen molar-refractivity contribution in [2.45, 2.75) is 38.3 Å². The summed E-state index contributed by atoms with van der Waals surface area (Å²) in [5, 5.41) is 3.04. The zero-order valence-electron chi connectivity index (χ0n) is 12.7. The van der Waals surface area contributed by atoms with Gasteiger partial charge in [0.15, 0.2) is 0 Å². The van der Waals surface area contributed by atoms with Crippen LogP contribution in [0.25, 0.3) is 5.69 Å². The first-order chi connectivity index (χ1) is 10.7. The Bertz CT molecular complexity index is 601. The van der Waals surface area contributed by atoms with Crippen molar-refractivity contribution in [2.24, 2.45) is 0 Å². The van der Waals surface area contributed by atoms with Crippen molar-refractivity contribution in [3.8, 4) is 5.69 Å². The lowest BCUT2D eigenvalue weighted by Gasteiger charge is -2.24. The van der Waals surface area contributed by atoms with E-state index in [4.69, 9.17) is 4.74 Å². The fraction of sp³-hybridized carbons (Fsp3) is 0.412. The highest BCUT2D eigenvalue weighted by Crippen LogP contribution is 2.18. The molecule has 3 rings (SSSR count). The number of amides is 1. The molecule has 22 heavy (non-hydrogen) atoms. The molecular formula is C17H21N3O2. The van der Waals surface area contributed by atoms with Crippen LogP contribution in [0.2, 0.25) is 0 Å². The Labute approximate surface area is 130 Å². The number of aromatic nitrogens is 2. The number of benzene rings is 1. The number of ether oxygens (including phenoxy) is 1. The van der Waals surface area contributed by atoms with E-state index in [1.54, 1.807) is 12.5 Å². The normalized spacial score (nSPS) is 19.6. The van der Waals surface area contributed by atoms with Crippen molar-refractivity contribution < 1.29 is 9.53 Å². The first kappa shape index (κ1) is 14.8. The Morgan fingerprint density at radius 1 is 1.36 bits per heavy atom. The number of nitrogens with zero attached hydrogens (tertiary/aromatic N) is 2. The lowest BCUT2D eigenvalue weighted by Crippen LogP contribution is -2.39. The maximum Gasteiger partial charge on any atom is 0.249 e. The molecule has 0 aliphatic carbocycles. The summed E-state index contributed by atoms with van der Waals surface area (Å²) in [6.07, 6.45) is 8.06. The van der Waals surface area contributed by atoms with E-state index in [0.717, 1.165) is 30.5 Å². The van der Waals surface area contributed by atoms with E-state index in [1.165, 1.54) is 0 Å².